The van der Waals surface area contributed by atoms with Crippen LogP contribution in [-0.2, 0) is 4.79 Å². The minimum atomic E-state index is -1.26. The van der Waals surface area contributed by atoms with Crippen molar-refractivity contribution in [2.24, 2.45) is 0 Å². The fraction of sp³-hybridized carbons (Fsp3) is 0.250. The molecule has 0 saturated heterocycles. The van der Waals surface area contributed by atoms with Crippen LogP contribution in [-0.4, -0.2) is 21.2 Å². The maximum atomic E-state index is 12.6. The number of aliphatic hydroxyl groups excluding tert-OH is 1. The van der Waals surface area contributed by atoms with Crippen LogP contribution in [0.1, 0.15) is 18.2 Å². The summed E-state index contributed by atoms with van der Waals surface area (Å²) < 4.78 is 12.6. The fourth-order valence-corrected chi connectivity index (χ4v) is 0.873. The van der Waals surface area contributed by atoms with Crippen LogP contribution in [0.15, 0.2) is 18.3 Å². The summed E-state index contributed by atoms with van der Waals surface area (Å²) in [6, 6.07) is 2.13. The molecule has 1 rings (SSSR count). The van der Waals surface area contributed by atoms with Crippen LogP contribution in [0.4, 0.5) is 4.39 Å². The lowest BCUT2D eigenvalue weighted by Crippen LogP contribution is -2.07. The number of carboxylic acids is 1. The lowest BCUT2D eigenvalue weighted by molar-refractivity contribution is -0.139. The third-order valence-electron chi connectivity index (χ3n) is 1.45. The molecular formula is C8H8FNO3. The van der Waals surface area contributed by atoms with Crippen molar-refractivity contribution in [1.29, 1.82) is 0 Å². The molecule has 70 valence electrons. The summed E-state index contributed by atoms with van der Waals surface area (Å²) in [5, 5.41) is 17.5. The second kappa shape index (κ2) is 3.95. The van der Waals surface area contributed by atoms with E-state index in [9.17, 15) is 14.3 Å². The van der Waals surface area contributed by atoms with Crippen LogP contribution in [0.5, 0.6) is 0 Å². The Bertz CT molecular complexity index is 316. The summed E-state index contributed by atoms with van der Waals surface area (Å²) in [6.45, 7) is 0. The van der Waals surface area contributed by atoms with Gasteiger partial charge in [0.2, 0.25) is 0 Å². The lowest BCUT2D eigenvalue weighted by Gasteiger charge is -2.05. The standard InChI is InChI=1S/C8H8FNO3/c9-5-1-2-10-6(3-5)7(11)4-8(12)13/h1-3,7,11H,4H2,(H,12,13)/t7-/m1/s1. The van der Waals surface area contributed by atoms with Gasteiger partial charge in [0.05, 0.1) is 12.1 Å². The molecule has 1 atom stereocenters. The molecule has 0 bridgehead atoms. The molecule has 0 radical (unpaired) electrons. The van der Waals surface area contributed by atoms with Crippen molar-refractivity contribution in [2.75, 3.05) is 0 Å². The summed E-state index contributed by atoms with van der Waals surface area (Å²) >= 11 is 0. The smallest absolute Gasteiger partial charge is 0.306 e. The molecule has 1 aromatic heterocycles. The molecule has 1 aromatic rings. The molecule has 1 heterocycles. The SMILES string of the molecule is O=C(O)C[C@@H](O)c1cc(F)ccn1. The molecule has 13 heavy (non-hydrogen) atoms. The van der Waals surface area contributed by atoms with Gasteiger partial charge in [0.1, 0.15) is 11.9 Å². The minimum absolute atomic E-state index is 0.0300. The number of hydrogen-bond acceptors (Lipinski definition) is 3. The van der Waals surface area contributed by atoms with Crippen molar-refractivity contribution in [3.63, 3.8) is 0 Å². The predicted molar refractivity (Wildman–Crippen MR) is 41.4 cm³/mol. The summed E-state index contributed by atoms with van der Waals surface area (Å²) in [6.07, 6.45) is -0.556. The Kier molecular flexibility index (Phi) is 2.92. The highest BCUT2D eigenvalue weighted by Crippen LogP contribution is 2.14. The van der Waals surface area contributed by atoms with E-state index in [1.165, 1.54) is 6.20 Å². The number of aromatic nitrogens is 1. The van der Waals surface area contributed by atoms with Gasteiger partial charge in [-0.1, -0.05) is 0 Å². The van der Waals surface area contributed by atoms with Gasteiger partial charge in [-0.15, -0.1) is 0 Å². The van der Waals surface area contributed by atoms with E-state index in [1.54, 1.807) is 0 Å². The van der Waals surface area contributed by atoms with Gasteiger partial charge < -0.3 is 10.2 Å². The predicted octanol–water partition coefficient (Wildman–Crippen LogP) is 0.729. The first-order valence-electron chi connectivity index (χ1n) is 3.61. The average Bonchev–Trinajstić information content (AvgIpc) is 2.03. The van der Waals surface area contributed by atoms with E-state index in [0.29, 0.717) is 0 Å². The maximum absolute atomic E-state index is 12.6. The highest BCUT2D eigenvalue weighted by Gasteiger charge is 2.13. The molecule has 0 aliphatic heterocycles. The molecule has 4 nitrogen and oxygen atoms in total. The van der Waals surface area contributed by atoms with Crippen molar-refractivity contribution >= 4 is 5.97 Å². The summed E-state index contributed by atoms with van der Waals surface area (Å²) in [7, 11) is 0. The number of hydrogen-bond donors (Lipinski definition) is 2. The van der Waals surface area contributed by atoms with Gasteiger partial charge in [-0.25, -0.2) is 4.39 Å². The topological polar surface area (TPSA) is 70.4 Å². The number of rotatable bonds is 3. The van der Waals surface area contributed by atoms with E-state index in [-0.39, 0.29) is 5.69 Å². The van der Waals surface area contributed by atoms with E-state index < -0.39 is 24.3 Å². The van der Waals surface area contributed by atoms with Crippen molar-refractivity contribution in [3.8, 4) is 0 Å². The fourth-order valence-electron chi connectivity index (χ4n) is 0.873. The Morgan fingerprint density at radius 1 is 1.69 bits per heavy atom. The molecule has 0 unspecified atom stereocenters. The zero-order chi connectivity index (χ0) is 9.84. The molecule has 0 amide bonds. The highest BCUT2D eigenvalue weighted by atomic mass is 19.1. The molecule has 0 aliphatic rings. The van der Waals surface area contributed by atoms with Crippen LogP contribution in [0.3, 0.4) is 0 Å². The molecule has 0 aromatic carbocycles. The Balaban J connectivity index is 2.76. The average molecular weight is 185 g/mol. The number of carboxylic acid groups (broad SMARTS) is 1. The Hall–Kier alpha value is -1.49. The van der Waals surface area contributed by atoms with Gasteiger partial charge in [0.15, 0.2) is 0 Å². The molecule has 5 heteroatoms. The van der Waals surface area contributed by atoms with Crippen molar-refractivity contribution in [1.82, 2.24) is 4.98 Å². The van der Waals surface area contributed by atoms with Gasteiger partial charge in [-0.3, -0.25) is 9.78 Å². The van der Waals surface area contributed by atoms with E-state index in [0.717, 1.165) is 12.1 Å². The summed E-state index contributed by atoms with van der Waals surface area (Å²) in [4.78, 5) is 13.8. The second-order valence-electron chi connectivity index (χ2n) is 2.51. The molecule has 0 fully saturated rings. The number of aliphatic carboxylic acids is 1. The first-order chi connectivity index (χ1) is 6.09. The maximum Gasteiger partial charge on any atom is 0.306 e. The van der Waals surface area contributed by atoms with Crippen LogP contribution in [0.2, 0.25) is 0 Å². The quantitative estimate of drug-likeness (QED) is 0.728. The number of halogens is 1. The number of pyridine rings is 1. The van der Waals surface area contributed by atoms with Crippen LogP contribution in [0, 0.1) is 5.82 Å². The van der Waals surface area contributed by atoms with Gasteiger partial charge in [0.25, 0.3) is 0 Å². The number of nitrogens with zero attached hydrogens (tertiary/aromatic N) is 1. The van der Waals surface area contributed by atoms with Gasteiger partial charge in [-0.2, -0.15) is 0 Å². The van der Waals surface area contributed by atoms with Crippen molar-refractivity contribution in [3.05, 3.63) is 29.8 Å². The van der Waals surface area contributed by atoms with E-state index >= 15 is 0 Å². The largest absolute Gasteiger partial charge is 0.481 e. The Labute approximate surface area is 73.7 Å². The van der Waals surface area contributed by atoms with Gasteiger partial charge in [0, 0.05) is 6.20 Å². The van der Waals surface area contributed by atoms with E-state index in [1.807, 2.05) is 0 Å². The van der Waals surface area contributed by atoms with Gasteiger partial charge in [-0.05, 0) is 12.1 Å². The third kappa shape index (κ3) is 2.79. The molecule has 0 spiro atoms. The summed E-state index contributed by atoms with van der Waals surface area (Å²) in [5.41, 5.74) is 0.0300. The van der Waals surface area contributed by atoms with Crippen LogP contribution in [0.25, 0.3) is 0 Å². The zero-order valence-electron chi connectivity index (χ0n) is 6.64. The number of carbonyl (C=O) groups is 1. The number of aliphatic hydroxyl groups is 1. The molecule has 0 saturated carbocycles. The van der Waals surface area contributed by atoms with Crippen LogP contribution >= 0.6 is 0 Å². The van der Waals surface area contributed by atoms with E-state index in [4.69, 9.17) is 5.11 Å². The van der Waals surface area contributed by atoms with E-state index in [2.05, 4.69) is 4.98 Å². The molecule has 0 aliphatic carbocycles. The normalized spacial score (nSPS) is 12.5. The Morgan fingerprint density at radius 3 is 2.92 bits per heavy atom. The van der Waals surface area contributed by atoms with Crippen molar-refractivity contribution < 1.29 is 19.4 Å². The highest BCUT2D eigenvalue weighted by molar-refractivity contribution is 5.67. The molecule has 2 N–H and O–H groups in total. The minimum Gasteiger partial charge on any atom is -0.481 e. The monoisotopic (exact) mass is 185 g/mol. The van der Waals surface area contributed by atoms with Crippen LogP contribution < -0.4 is 0 Å². The summed E-state index contributed by atoms with van der Waals surface area (Å²) in [5.74, 6) is -1.70. The molecular weight excluding hydrogens is 177 g/mol. The lowest BCUT2D eigenvalue weighted by atomic mass is 10.2. The first-order valence-corrected chi connectivity index (χ1v) is 3.61. The second-order valence-corrected chi connectivity index (χ2v) is 2.51. The van der Waals surface area contributed by atoms with Gasteiger partial charge >= 0.3 is 5.97 Å². The zero-order valence-corrected chi connectivity index (χ0v) is 6.64. The Morgan fingerprint density at radius 2 is 2.38 bits per heavy atom. The third-order valence-corrected chi connectivity index (χ3v) is 1.45. The van der Waals surface area contributed by atoms with Crippen molar-refractivity contribution in [2.45, 2.75) is 12.5 Å². The first kappa shape index (κ1) is 9.60.